The molecule has 4 heterocycles. The number of morpholine rings is 1. The molecule has 0 saturated carbocycles. The van der Waals surface area contributed by atoms with Crippen molar-refractivity contribution in [3.63, 3.8) is 0 Å². The molecule has 1 atom stereocenters. The number of fused-ring (bicyclic) bond motifs is 4. The van der Waals surface area contributed by atoms with E-state index in [0.29, 0.717) is 31.9 Å². The van der Waals surface area contributed by atoms with E-state index in [2.05, 4.69) is 37.0 Å². The maximum atomic E-state index is 13.7. The molecular formula is C36H38N6O6S. The van der Waals surface area contributed by atoms with E-state index in [1.54, 1.807) is 17.0 Å². The Balaban J connectivity index is 1.17. The Kier molecular flexibility index (Phi) is 8.82. The van der Waals surface area contributed by atoms with Crippen molar-refractivity contribution in [1.82, 2.24) is 25.1 Å². The van der Waals surface area contributed by atoms with Crippen molar-refractivity contribution in [2.24, 2.45) is 0 Å². The number of hydrogen-bond donors (Lipinski definition) is 2. The van der Waals surface area contributed by atoms with Crippen LogP contribution in [0.5, 0.6) is 5.88 Å². The molecule has 0 aliphatic carbocycles. The molecule has 254 valence electrons. The summed E-state index contributed by atoms with van der Waals surface area (Å²) in [5, 5.41) is 3.04. The van der Waals surface area contributed by atoms with E-state index < -0.39 is 27.8 Å². The molecule has 2 amide bonds. The fourth-order valence-electron chi connectivity index (χ4n) is 6.71. The van der Waals surface area contributed by atoms with Crippen LogP contribution >= 0.6 is 0 Å². The second-order valence-corrected chi connectivity index (χ2v) is 14.5. The number of carbonyl (C=O) groups is 2. The highest BCUT2D eigenvalue weighted by Gasteiger charge is 2.42. The average molecular weight is 683 g/mol. The Morgan fingerprint density at radius 1 is 0.939 bits per heavy atom. The van der Waals surface area contributed by atoms with Crippen molar-refractivity contribution < 1.29 is 27.5 Å². The highest BCUT2D eigenvalue weighted by atomic mass is 32.2. The fraction of sp³-hybridized carbons (Fsp3) is 0.333. The summed E-state index contributed by atoms with van der Waals surface area (Å²) in [7, 11) is -4.14. The summed E-state index contributed by atoms with van der Waals surface area (Å²) < 4.78 is 41.8. The summed E-state index contributed by atoms with van der Waals surface area (Å²) in [6.45, 7) is 6.91. The Labute approximate surface area is 285 Å². The van der Waals surface area contributed by atoms with Crippen LogP contribution in [0.4, 0.5) is 5.95 Å². The molecule has 2 N–H and O–H groups in total. The number of nitrogens with zero attached hydrogens (tertiary/aromatic N) is 4. The Hall–Kier alpha value is -4.85. The van der Waals surface area contributed by atoms with E-state index in [0.717, 1.165) is 29.8 Å². The third kappa shape index (κ3) is 7.00. The van der Waals surface area contributed by atoms with Crippen LogP contribution in [0, 0.1) is 13.8 Å². The molecule has 7 rings (SSSR count). The first-order valence-corrected chi connectivity index (χ1v) is 17.8. The maximum Gasteiger partial charge on any atom is 0.264 e. The Bertz CT molecular complexity index is 1980. The van der Waals surface area contributed by atoms with Gasteiger partial charge in [0.15, 0.2) is 5.72 Å². The van der Waals surface area contributed by atoms with Crippen LogP contribution in [0.2, 0.25) is 0 Å². The molecule has 4 bridgehead atoms. The number of likely N-dealkylation sites (tertiary alicyclic amines) is 1. The summed E-state index contributed by atoms with van der Waals surface area (Å²) in [5.41, 5.74) is 3.24. The number of nitrogens with one attached hydrogen (secondary N) is 2. The number of aromatic nitrogens is 2. The van der Waals surface area contributed by atoms with Crippen LogP contribution in [0.15, 0.2) is 83.8 Å². The lowest BCUT2D eigenvalue weighted by atomic mass is 9.98. The molecule has 4 aromatic rings. The summed E-state index contributed by atoms with van der Waals surface area (Å²) in [4.78, 5) is 40.3. The predicted molar refractivity (Wildman–Crippen MR) is 182 cm³/mol. The first-order chi connectivity index (χ1) is 23.6. The number of aryl methyl sites for hydroxylation is 2. The Morgan fingerprint density at radius 3 is 2.43 bits per heavy atom. The van der Waals surface area contributed by atoms with Gasteiger partial charge in [0.25, 0.3) is 21.8 Å². The van der Waals surface area contributed by atoms with Crippen molar-refractivity contribution in [3.05, 3.63) is 101 Å². The van der Waals surface area contributed by atoms with Gasteiger partial charge in [-0.05, 0) is 48.7 Å². The van der Waals surface area contributed by atoms with E-state index >= 15 is 0 Å². The molecule has 3 aliphatic heterocycles. The third-order valence-electron chi connectivity index (χ3n) is 9.27. The monoisotopic (exact) mass is 682 g/mol. The first kappa shape index (κ1) is 32.7. The van der Waals surface area contributed by atoms with E-state index in [1.807, 2.05) is 50.2 Å². The van der Waals surface area contributed by atoms with Crippen LogP contribution in [-0.4, -0.2) is 84.6 Å². The van der Waals surface area contributed by atoms with Gasteiger partial charge < -0.3 is 19.7 Å². The smallest absolute Gasteiger partial charge is 0.264 e. The molecule has 13 heteroatoms. The zero-order valence-corrected chi connectivity index (χ0v) is 28.2. The lowest BCUT2D eigenvalue weighted by Crippen LogP contribution is -2.61. The minimum absolute atomic E-state index is 0.0850. The van der Waals surface area contributed by atoms with Gasteiger partial charge >= 0.3 is 0 Å². The van der Waals surface area contributed by atoms with Gasteiger partial charge in [0.1, 0.15) is 6.10 Å². The van der Waals surface area contributed by atoms with Gasteiger partial charge in [0, 0.05) is 62.8 Å². The predicted octanol–water partition coefficient (Wildman–Crippen LogP) is 3.90. The summed E-state index contributed by atoms with van der Waals surface area (Å²) in [5.74, 6) is -0.684. The molecule has 2 fully saturated rings. The highest BCUT2D eigenvalue weighted by Crippen LogP contribution is 2.33. The Morgan fingerprint density at radius 2 is 1.67 bits per heavy atom. The van der Waals surface area contributed by atoms with E-state index in [4.69, 9.17) is 9.47 Å². The van der Waals surface area contributed by atoms with Crippen molar-refractivity contribution in [2.75, 3.05) is 37.5 Å². The molecule has 12 nitrogen and oxygen atoms in total. The molecule has 2 saturated heterocycles. The number of rotatable bonds is 4. The lowest BCUT2D eigenvalue weighted by Gasteiger charge is -2.43. The van der Waals surface area contributed by atoms with Gasteiger partial charge in [0.2, 0.25) is 11.8 Å². The average Bonchev–Trinajstić information content (AvgIpc) is 3.08. The zero-order valence-electron chi connectivity index (χ0n) is 27.4. The first-order valence-electron chi connectivity index (χ1n) is 16.3. The number of ether oxygens (including phenoxy) is 2. The van der Waals surface area contributed by atoms with E-state index in [1.165, 1.54) is 23.8 Å². The van der Waals surface area contributed by atoms with Crippen molar-refractivity contribution >= 4 is 27.8 Å². The summed E-state index contributed by atoms with van der Waals surface area (Å²) >= 11 is 0. The van der Waals surface area contributed by atoms with Crippen molar-refractivity contribution in [2.45, 2.75) is 50.0 Å². The summed E-state index contributed by atoms with van der Waals surface area (Å²) in [6.07, 6.45) is -0.0820. The molecular weight excluding hydrogens is 644 g/mol. The SMILES string of the molecule is Cc1cccc(C)c1-c1cc2nc(n1)NS(=O)(=O)c1cccc(c1)C(=O)NC1(CCN(C(=O)C3CN(Cc4ccccc4)CCO3)CC1)O2. The van der Waals surface area contributed by atoms with Gasteiger partial charge in [0.05, 0.1) is 17.2 Å². The third-order valence-corrected chi connectivity index (χ3v) is 10.6. The van der Waals surface area contributed by atoms with Gasteiger partial charge in [-0.2, -0.15) is 4.98 Å². The van der Waals surface area contributed by atoms with Gasteiger partial charge in [-0.1, -0.05) is 54.6 Å². The number of piperidine rings is 1. The van der Waals surface area contributed by atoms with Gasteiger partial charge in [-0.15, -0.1) is 0 Å². The molecule has 1 unspecified atom stereocenters. The number of carbonyl (C=O) groups excluding carboxylic acids is 2. The fourth-order valence-corrected chi connectivity index (χ4v) is 7.70. The van der Waals surface area contributed by atoms with Crippen LogP contribution < -0.4 is 14.8 Å². The van der Waals surface area contributed by atoms with Crippen LogP contribution in [-0.2, 0) is 26.1 Å². The second kappa shape index (κ2) is 13.2. The largest absolute Gasteiger partial charge is 0.451 e. The molecule has 1 aromatic heterocycles. The van der Waals surface area contributed by atoms with Gasteiger partial charge in [-0.25, -0.2) is 18.1 Å². The highest BCUT2D eigenvalue weighted by molar-refractivity contribution is 7.92. The molecule has 0 radical (unpaired) electrons. The summed E-state index contributed by atoms with van der Waals surface area (Å²) in [6, 6.07) is 23.4. The van der Waals surface area contributed by atoms with Crippen molar-refractivity contribution in [3.8, 4) is 17.1 Å². The molecule has 3 aliphatic rings. The number of amides is 2. The minimum atomic E-state index is -4.14. The normalized spacial score (nSPS) is 20.2. The minimum Gasteiger partial charge on any atom is -0.451 e. The number of anilines is 1. The standard InChI is InChI=1S/C36H38N6O6S/c1-24-8-6-9-25(2)32(24)29-21-31-38-35(37-29)40-49(45,46)28-13-7-12-27(20-28)33(43)39-36(48-31)14-16-42(17-15-36)34(44)30-23-41(18-19-47-30)22-26-10-4-3-5-11-26/h3-13,20-21,30H,14-19,22-23H2,1-2H3,(H,39,43)(H,37,38,40). The second-order valence-electron chi connectivity index (χ2n) is 12.8. The zero-order chi connectivity index (χ0) is 34.2. The number of benzene rings is 3. The topological polar surface area (TPSA) is 143 Å². The van der Waals surface area contributed by atoms with Gasteiger partial charge in [-0.3, -0.25) is 14.5 Å². The molecule has 3 aromatic carbocycles. The van der Waals surface area contributed by atoms with Crippen LogP contribution in [0.1, 0.15) is 39.9 Å². The maximum absolute atomic E-state index is 13.7. The van der Waals surface area contributed by atoms with E-state index in [-0.39, 0.29) is 41.0 Å². The van der Waals surface area contributed by atoms with Crippen molar-refractivity contribution in [1.29, 1.82) is 0 Å². The molecule has 1 spiro atoms. The molecule has 49 heavy (non-hydrogen) atoms. The lowest BCUT2D eigenvalue weighted by molar-refractivity contribution is -0.153. The van der Waals surface area contributed by atoms with Crippen LogP contribution in [0.3, 0.4) is 0 Å². The van der Waals surface area contributed by atoms with Crippen LogP contribution in [0.25, 0.3) is 11.3 Å². The number of sulfonamides is 1. The van der Waals surface area contributed by atoms with E-state index in [9.17, 15) is 18.0 Å². The number of hydrogen-bond acceptors (Lipinski definition) is 9. The quantitative estimate of drug-likeness (QED) is 0.328.